The predicted octanol–water partition coefficient (Wildman–Crippen LogP) is 7.01. The fraction of sp³-hybridized carbons (Fsp3) is 0.625. The van der Waals surface area contributed by atoms with Gasteiger partial charge in [-0.05, 0) is 51.4 Å². The van der Waals surface area contributed by atoms with Crippen molar-refractivity contribution in [3.8, 4) is 0 Å². The molecule has 0 spiro atoms. The topological polar surface area (TPSA) is 46.5 Å². The van der Waals surface area contributed by atoms with E-state index in [-0.39, 0.29) is 0 Å². The summed E-state index contributed by atoms with van der Waals surface area (Å²) in [5.74, 6) is -0.851. The molecule has 0 amide bonds. The number of unbranched alkanes of at least 4 members (excludes halogenated alkanes) is 5. The lowest BCUT2D eigenvalue weighted by Gasteiger charge is -2.10. The van der Waals surface area contributed by atoms with E-state index < -0.39 is 12.1 Å². The van der Waals surface area contributed by atoms with Crippen molar-refractivity contribution in [2.75, 3.05) is 6.61 Å². The van der Waals surface area contributed by atoms with Crippen LogP contribution in [0, 0.1) is 0 Å². The molecule has 1 unspecified atom stereocenters. The predicted molar refractivity (Wildman–Crippen MR) is 116 cm³/mol. The van der Waals surface area contributed by atoms with Gasteiger partial charge in [0.2, 0.25) is 0 Å². The van der Waals surface area contributed by atoms with Crippen LogP contribution in [-0.4, -0.2) is 23.8 Å². The number of carboxylic acid groups (broad SMARTS) is 1. The number of carboxylic acids is 1. The summed E-state index contributed by atoms with van der Waals surface area (Å²) in [4.78, 5) is 10.8. The minimum atomic E-state index is -0.851. The van der Waals surface area contributed by atoms with E-state index in [1.54, 1.807) is 0 Å². The van der Waals surface area contributed by atoms with Gasteiger partial charge in [0.1, 0.15) is 0 Å². The summed E-state index contributed by atoms with van der Waals surface area (Å²) >= 11 is 0. The molecule has 0 rings (SSSR count). The Balaban J connectivity index is 3.39. The molecular formula is C24H40O3. The second-order valence-corrected chi connectivity index (χ2v) is 6.66. The van der Waals surface area contributed by atoms with Crippen LogP contribution in [0.1, 0.15) is 84.5 Å². The maximum Gasteiger partial charge on any atom is 0.332 e. The van der Waals surface area contributed by atoms with Crippen LogP contribution < -0.4 is 0 Å². The standard InChI is InChI=1S/C24H40O3/c1-3-5-6-7-8-9-10-11-12-13-14-15-16-17-18-19-20-21-22-27-23(4-2)24(25)26/h5-6,8-9,11-12,14-15,23H,3-4,7,10,13,16-22H2,1-2H3,(H,25,26)/b6-5-,9-8-,12-11-,15-14-. The first-order chi connectivity index (χ1) is 13.2. The van der Waals surface area contributed by atoms with Crippen molar-refractivity contribution in [3.63, 3.8) is 0 Å². The molecule has 0 aromatic heterocycles. The molecule has 0 saturated carbocycles. The zero-order valence-electron chi connectivity index (χ0n) is 17.4. The lowest BCUT2D eigenvalue weighted by atomic mass is 10.1. The summed E-state index contributed by atoms with van der Waals surface area (Å²) in [5, 5.41) is 8.88. The zero-order chi connectivity index (χ0) is 20.0. The number of aliphatic carboxylic acids is 1. The van der Waals surface area contributed by atoms with E-state index in [1.165, 1.54) is 19.3 Å². The SMILES string of the molecule is CC/C=C\C/C=C\C/C=C\C/C=C\CCCCCCCOC(CC)C(=O)O. The van der Waals surface area contributed by atoms with Gasteiger partial charge in [-0.15, -0.1) is 0 Å². The van der Waals surface area contributed by atoms with Crippen LogP contribution in [0.25, 0.3) is 0 Å². The Morgan fingerprint density at radius 3 is 1.85 bits per heavy atom. The van der Waals surface area contributed by atoms with Gasteiger partial charge in [-0.3, -0.25) is 0 Å². The third kappa shape index (κ3) is 19.0. The van der Waals surface area contributed by atoms with Crippen molar-refractivity contribution in [1.29, 1.82) is 0 Å². The summed E-state index contributed by atoms with van der Waals surface area (Å²) in [6, 6.07) is 0. The zero-order valence-corrected chi connectivity index (χ0v) is 17.4. The van der Waals surface area contributed by atoms with Gasteiger partial charge in [0, 0.05) is 6.61 Å². The van der Waals surface area contributed by atoms with Gasteiger partial charge in [0.25, 0.3) is 0 Å². The Labute approximate surface area is 166 Å². The van der Waals surface area contributed by atoms with E-state index >= 15 is 0 Å². The van der Waals surface area contributed by atoms with Crippen LogP contribution in [0.15, 0.2) is 48.6 Å². The Hall–Kier alpha value is -1.61. The largest absolute Gasteiger partial charge is 0.479 e. The van der Waals surface area contributed by atoms with Gasteiger partial charge in [0.15, 0.2) is 6.10 Å². The maximum atomic E-state index is 10.8. The average molecular weight is 377 g/mol. The van der Waals surface area contributed by atoms with Crippen LogP contribution >= 0.6 is 0 Å². The second kappa shape index (κ2) is 20.7. The highest BCUT2D eigenvalue weighted by Crippen LogP contribution is 2.08. The monoisotopic (exact) mass is 376 g/mol. The summed E-state index contributed by atoms with van der Waals surface area (Å²) in [6.07, 6.45) is 28.7. The summed E-state index contributed by atoms with van der Waals surface area (Å²) in [6.45, 7) is 4.55. The molecule has 0 bridgehead atoms. The van der Waals surface area contributed by atoms with Crippen LogP contribution in [0.3, 0.4) is 0 Å². The molecule has 3 nitrogen and oxygen atoms in total. The fourth-order valence-electron chi connectivity index (χ4n) is 2.58. The maximum absolute atomic E-state index is 10.8. The molecule has 1 N–H and O–H groups in total. The van der Waals surface area contributed by atoms with Crippen molar-refractivity contribution in [2.45, 2.75) is 90.6 Å². The number of ether oxygens (including phenoxy) is 1. The summed E-state index contributed by atoms with van der Waals surface area (Å²) < 4.78 is 5.36. The van der Waals surface area contributed by atoms with E-state index in [0.29, 0.717) is 13.0 Å². The Morgan fingerprint density at radius 2 is 1.30 bits per heavy atom. The molecule has 27 heavy (non-hydrogen) atoms. The highest BCUT2D eigenvalue weighted by Gasteiger charge is 2.14. The fourth-order valence-corrected chi connectivity index (χ4v) is 2.58. The van der Waals surface area contributed by atoms with Gasteiger partial charge in [-0.1, -0.05) is 81.7 Å². The minimum Gasteiger partial charge on any atom is -0.479 e. The molecule has 0 aliphatic rings. The van der Waals surface area contributed by atoms with Crippen LogP contribution in [-0.2, 0) is 9.53 Å². The van der Waals surface area contributed by atoms with Gasteiger partial charge in [-0.25, -0.2) is 4.79 Å². The normalized spacial score (nSPS) is 13.6. The first kappa shape index (κ1) is 25.4. The van der Waals surface area contributed by atoms with Gasteiger partial charge >= 0.3 is 5.97 Å². The molecule has 3 heteroatoms. The Kier molecular flexibility index (Phi) is 19.5. The van der Waals surface area contributed by atoms with Crippen molar-refractivity contribution < 1.29 is 14.6 Å². The lowest BCUT2D eigenvalue weighted by Crippen LogP contribution is -2.23. The molecule has 0 aromatic rings. The van der Waals surface area contributed by atoms with Crippen LogP contribution in [0.2, 0.25) is 0 Å². The molecule has 0 heterocycles. The molecular weight excluding hydrogens is 336 g/mol. The van der Waals surface area contributed by atoms with E-state index in [0.717, 1.165) is 44.9 Å². The number of allylic oxidation sites excluding steroid dienone is 8. The lowest BCUT2D eigenvalue weighted by molar-refractivity contribution is -0.150. The van der Waals surface area contributed by atoms with Crippen molar-refractivity contribution in [3.05, 3.63) is 48.6 Å². The quantitative estimate of drug-likeness (QED) is 0.207. The highest BCUT2D eigenvalue weighted by molar-refractivity contribution is 5.72. The van der Waals surface area contributed by atoms with E-state index in [4.69, 9.17) is 9.84 Å². The van der Waals surface area contributed by atoms with Gasteiger partial charge in [-0.2, -0.15) is 0 Å². The van der Waals surface area contributed by atoms with Crippen LogP contribution in [0.4, 0.5) is 0 Å². The number of hydrogen-bond acceptors (Lipinski definition) is 2. The van der Waals surface area contributed by atoms with E-state index in [1.807, 2.05) is 6.92 Å². The smallest absolute Gasteiger partial charge is 0.332 e. The van der Waals surface area contributed by atoms with Crippen molar-refractivity contribution >= 4 is 5.97 Å². The second-order valence-electron chi connectivity index (χ2n) is 6.66. The Bertz CT molecular complexity index is 447. The molecule has 0 fully saturated rings. The summed E-state index contributed by atoms with van der Waals surface area (Å²) in [7, 11) is 0. The molecule has 154 valence electrons. The molecule has 1 atom stereocenters. The molecule has 0 aliphatic heterocycles. The van der Waals surface area contributed by atoms with E-state index in [9.17, 15) is 4.79 Å². The molecule has 0 radical (unpaired) electrons. The molecule has 0 saturated heterocycles. The Morgan fingerprint density at radius 1 is 0.778 bits per heavy atom. The average Bonchev–Trinajstić information content (AvgIpc) is 2.66. The van der Waals surface area contributed by atoms with Gasteiger partial charge < -0.3 is 9.84 Å². The third-order valence-corrected chi connectivity index (χ3v) is 4.20. The van der Waals surface area contributed by atoms with Gasteiger partial charge in [0.05, 0.1) is 0 Å². The van der Waals surface area contributed by atoms with Crippen molar-refractivity contribution in [2.24, 2.45) is 0 Å². The minimum absolute atomic E-state index is 0.532. The number of hydrogen-bond donors (Lipinski definition) is 1. The first-order valence-corrected chi connectivity index (χ1v) is 10.7. The third-order valence-electron chi connectivity index (χ3n) is 4.20. The van der Waals surface area contributed by atoms with Crippen LogP contribution in [0.5, 0.6) is 0 Å². The molecule has 0 aliphatic carbocycles. The van der Waals surface area contributed by atoms with E-state index in [2.05, 4.69) is 55.5 Å². The van der Waals surface area contributed by atoms with Crippen molar-refractivity contribution in [1.82, 2.24) is 0 Å². The number of rotatable bonds is 18. The molecule has 0 aromatic carbocycles. The highest BCUT2D eigenvalue weighted by atomic mass is 16.5. The number of carbonyl (C=O) groups is 1. The summed E-state index contributed by atoms with van der Waals surface area (Å²) in [5.41, 5.74) is 0. The first-order valence-electron chi connectivity index (χ1n) is 10.7.